The molecule has 0 radical (unpaired) electrons. The topological polar surface area (TPSA) is 60.0 Å². The molecule has 1 aromatic carbocycles. The quantitative estimate of drug-likeness (QED) is 0.226. The number of benzene rings is 1. The lowest BCUT2D eigenvalue weighted by Gasteiger charge is -2.12. The van der Waals surface area contributed by atoms with Crippen LogP contribution in [0, 0.1) is 6.92 Å². The van der Waals surface area contributed by atoms with Gasteiger partial charge >= 0.3 is 0 Å². The molecule has 0 amide bonds. The molecule has 0 aliphatic heterocycles. The van der Waals surface area contributed by atoms with Crippen LogP contribution in [0.4, 0.5) is 5.69 Å². The van der Waals surface area contributed by atoms with E-state index in [1.807, 2.05) is 25.1 Å². The predicted octanol–water partition coefficient (Wildman–Crippen LogP) is 3.93. The van der Waals surface area contributed by atoms with Crippen LogP contribution in [-0.4, -0.2) is 22.3 Å². The fourth-order valence-electron chi connectivity index (χ4n) is 1.11. The van der Waals surface area contributed by atoms with Gasteiger partial charge in [0, 0.05) is 15.9 Å². The van der Waals surface area contributed by atoms with Gasteiger partial charge in [-0.2, -0.15) is 0 Å². The van der Waals surface area contributed by atoms with Crippen molar-refractivity contribution in [2.24, 2.45) is 0 Å². The number of nitrogens with one attached hydrogen (secondary N) is 1. The molecule has 5 nitrogen and oxygen atoms in total. The van der Waals surface area contributed by atoms with Gasteiger partial charge in [-0.3, -0.25) is 0 Å². The first-order valence-corrected chi connectivity index (χ1v) is 7.76. The highest BCUT2D eigenvalue weighted by molar-refractivity contribution is 9.12. The van der Waals surface area contributed by atoms with Crippen LogP contribution in [0.15, 0.2) is 23.1 Å². The lowest BCUT2D eigenvalue weighted by atomic mass is 10.2. The van der Waals surface area contributed by atoms with E-state index in [1.54, 1.807) is 0 Å². The van der Waals surface area contributed by atoms with Crippen molar-refractivity contribution < 1.29 is 19.4 Å². The number of hydrogen-bond donors (Lipinski definition) is 2. The molecule has 1 atom stereocenters. The molecule has 0 aromatic heterocycles. The fraction of sp³-hybridized carbons (Fsp3) is 0.400. The van der Waals surface area contributed by atoms with Gasteiger partial charge in [-0.1, -0.05) is 43.0 Å². The van der Waals surface area contributed by atoms with E-state index in [0.29, 0.717) is 12.1 Å². The van der Waals surface area contributed by atoms with Crippen molar-refractivity contribution >= 4 is 49.6 Å². The summed E-state index contributed by atoms with van der Waals surface area (Å²) in [5.41, 5.74) is 1.90. The number of alkyl halides is 2. The number of hydrogen-bond acceptors (Lipinski definition) is 6. The first-order chi connectivity index (χ1) is 8.67. The SMILES string of the molecule is Cc1ccc(NCOC(Br)CBr)cc1SOOO. The average molecular weight is 403 g/mol. The average Bonchev–Trinajstić information content (AvgIpc) is 2.38. The molecule has 0 spiro atoms. The molecule has 1 unspecified atom stereocenters. The van der Waals surface area contributed by atoms with Crippen LogP contribution in [0.3, 0.4) is 0 Å². The Bertz CT molecular complexity index is 370. The summed E-state index contributed by atoms with van der Waals surface area (Å²) in [6.45, 7) is 2.31. The van der Waals surface area contributed by atoms with Gasteiger partial charge in [0.1, 0.15) is 11.7 Å². The Morgan fingerprint density at radius 3 is 2.94 bits per heavy atom. The maximum absolute atomic E-state index is 8.13. The van der Waals surface area contributed by atoms with Crippen molar-refractivity contribution in [2.45, 2.75) is 16.8 Å². The number of ether oxygens (including phenoxy) is 1. The highest BCUT2D eigenvalue weighted by Gasteiger charge is 2.04. The van der Waals surface area contributed by atoms with E-state index in [9.17, 15) is 0 Å². The van der Waals surface area contributed by atoms with Crippen LogP contribution < -0.4 is 5.32 Å². The van der Waals surface area contributed by atoms with Crippen molar-refractivity contribution in [3.63, 3.8) is 0 Å². The first-order valence-electron chi connectivity index (χ1n) is 4.98. The van der Waals surface area contributed by atoms with Crippen LogP contribution in [0.5, 0.6) is 0 Å². The molecule has 0 bridgehead atoms. The lowest BCUT2D eigenvalue weighted by Crippen LogP contribution is -2.13. The second-order valence-electron chi connectivity index (χ2n) is 3.26. The van der Waals surface area contributed by atoms with Gasteiger partial charge in [0.05, 0.1) is 12.0 Å². The number of halogens is 2. The van der Waals surface area contributed by atoms with Crippen molar-refractivity contribution in [2.75, 3.05) is 17.4 Å². The Hall–Kier alpha value is 0.170. The lowest BCUT2D eigenvalue weighted by molar-refractivity contribution is -0.432. The van der Waals surface area contributed by atoms with Crippen molar-refractivity contribution in [1.29, 1.82) is 0 Å². The molecule has 8 heteroatoms. The molecule has 0 fully saturated rings. The van der Waals surface area contributed by atoms with Gasteiger partial charge in [-0.05, 0) is 24.6 Å². The summed E-state index contributed by atoms with van der Waals surface area (Å²) in [6.07, 6.45) is 0. The Balaban J connectivity index is 2.50. The van der Waals surface area contributed by atoms with Crippen molar-refractivity contribution in [3.05, 3.63) is 23.8 Å². The van der Waals surface area contributed by atoms with E-state index in [0.717, 1.165) is 28.2 Å². The third-order valence-corrected chi connectivity index (χ3v) is 4.80. The number of anilines is 1. The second kappa shape index (κ2) is 9.13. The molecular weight excluding hydrogens is 390 g/mol. The maximum Gasteiger partial charge on any atom is 0.124 e. The standard InChI is InChI=1S/C10H13Br2NO4S/c1-7-2-3-8(4-9(7)18-17-16-14)13-6-15-10(12)5-11/h2-4,10,13-14H,5-6H2,1H3. The monoisotopic (exact) mass is 401 g/mol. The van der Waals surface area contributed by atoms with Gasteiger partial charge in [-0.15, -0.1) is 4.33 Å². The summed E-state index contributed by atoms with van der Waals surface area (Å²) in [4.78, 5) is 0.838. The van der Waals surface area contributed by atoms with E-state index < -0.39 is 0 Å². The Morgan fingerprint density at radius 1 is 1.50 bits per heavy atom. The Labute approximate surface area is 127 Å². The van der Waals surface area contributed by atoms with Crippen LogP contribution in [0.2, 0.25) is 0 Å². The molecule has 0 aliphatic carbocycles. The van der Waals surface area contributed by atoms with E-state index in [1.165, 1.54) is 0 Å². The third kappa shape index (κ3) is 5.87. The molecule has 0 saturated heterocycles. The van der Waals surface area contributed by atoms with Crippen LogP contribution in [0.1, 0.15) is 5.56 Å². The fourth-order valence-corrected chi connectivity index (χ4v) is 1.91. The van der Waals surface area contributed by atoms with E-state index >= 15 is 0 Å². The van der Waals surface area contributed by atoms with Crippen molar-refractivity contribution in [3.8, 4) is 0 Å². The van der Waals surface area contributed by atoms with Gasteiger partial charge in [0.25, 0.3) is 0 Å². The summed E-state index contributed by atoms with van der Waals surface area (Å²) < 4.78 is 9.82. The van der Waals surface area contributed by atoms with Crippen LogP contribution in [-0.2, 0) is 14.1 Å². The Kier molecular flexibility index (Phi) is 8.23. The molecule has 18 heavy (non-hydrogen) atoms. The zero-order chi connectivity index (χ0) is 13.4. The van der Waals surface area contributed by atoms with Gasteiger partial charge in [-0.25, -0.2) is 5.26 Å². The summed E-state index contributed by atoms with van der Waals surface area (Å²) in [5.74, 6) is 0. The van der Waals surface area contributed by atoms with Gasteiger partial charge < -0.3 is 10.1 Å². The molecule has 102 valence electrons. The molecule has 0 heterocycles. The number of aryl methyl sites for hydroxylation is 1. The normalized spacial score (nSPS) is 12.4. The molecule has 1 rings (SSSR count). The maximum atomic E-state index is 8.13. The van der Waals surface area contributed by atoms with E-state index in [2.05, 4.69) is 46.5 Å². The van der Waals surface area contributed by atoms with E-state index in [4.69, 9.17) is 9.99 Å². The van der Waals surface area contributed by atoms with Crippen LogP contribution in [0.25, 0.3) is 0 Å². The summed E-state index contributed by atoms with van der Waals surface area (Å²) >= 11 is 7.56. The molecule has 0 aliphatic rings. The zero-order valence-electron chi connectivity index (χ0n) is 9.56. The van der Waals surface area contributed by atoms with Gasteiger partial charge in [0.2, 0.25) is 0 Å². The van der Waals surface area contributed by atoms with Crippen LogP contribution >= 0.6 is 43.9 Å². The zero-order valence-corrected chi connectivity index (χ0v) is 13.5. The van der Waals surface area contributed by atoms with Crippen molar-refractivity contribution in [1.82, 2.24) is 0 Å². The molecule has 2 N–H and O–H groups in total. The first kappa shape index (κ1) is 16.2. The summed E-state index contributed by atoms with van der Waals surface area (Å²) in [5, 5.41) is 15.5. The predicted molar refractivity (Wildman–Crippen MR) is 77.9 cm³/mol. The largest absolute Gasteiger partial charge is 0.363 e. The third-order valence-electron chi connectivity index (χ3n) is 2.00. The summed E-state index contributed by atoms with van der Waals surface area (Å²) in [7, 11) is 0. The smallest absolute Gasteiger partial charge is 0.124 e. The molecule has 0 saturated carbocycles. The molecular formula is C10H13Br2NO4S. The Morgan fingerprint density at radius 2 is 2.28 bits per heavy atom. The highest BCUT2D eigenvalue weighted by Crippen LogP contribution is 2.26. The minimum absolute atomic E-state index is 0.0320. The number of rotatable bonds is 8. The minimum atomic E-state index is -0.0320. The van der Waals surface area contributed by atoms with Gasteiger partial charge in [0.15, 0.2) is 0 Å². The highest BCUT2D eigenvalue weighted by atomic mass is 79.9. The minimum Gasteiger partial charge on any atom is -0.363 e. The van der Waals surface area contributed by atoms with E-state index in [-0.39, 0.29) is 5.01 Å². The summed E-state index contributed by atoms with van der Waals surface area (Å²) in [6, 6.07) is 5.74. The second-order valence-corrected chi connectivity index (χ2v) is 5.67. The molecule has 1 aromatic rings.